The molecule has 3 N–H and O–H groups in total. The van der Waals surface area contributed by atoms with Crippen LogP contribution in [0.5, 0.6) is 0 Å². The summed E-state index contributed by atoms with van der Waals surface area (Å²) in [6.45, 7) is 8.15. The second-order valence-corrected chi connectivity index (χ2v) is 10.5. The number of hydrogen-bond donors (Lipinski definition) is 3. The van der Waals surface area contributed by atoms with Gasteiger partial charge < -0.3 is 20.1 Å². The molecule has 1 aliphatic heterocycles. The number of aromatic amines is 2. The predicted molar refractivity (Wildman–Crippen MR) is 152 cm³/mol. The van der Waals surface area contributed by atoms with Crippen LogP contribution < -0.4 is 10.2 Å². The Morgan fingerprint density at radius 1 is 1.03 bits per heavy atom. The molecule has 9 heteroatoms. The Balaban J connectivity index is 1.34. The fourth-order valence-electron chi connectivity index (χ4n) is 5.11. The van der Waals surface area contributed by atoms with Crippen LogP contribution in [0.15, 0.2) is 55.0 Å². The lowest BCUT2D eigenvalue weighted by Crippen LogP contribution is -2.44. The molecule has 5 heterocycles. The zero-order chi connectivity index (χ0) is 26.2. The third-order valence-corrected chi connectivity index (χ3v) is 7.12. The van der Waals surface area contributed by atoms with E-state index in [1.807, 2.05) is 44.4 Å². The van der Waals surface area contributed by atoms with Gasteiger partial charge in [0, 0.05) is 67.0 Å². The number of nitrogens with one attached hydrogen (secondary N) is 3. The number of amides is 1. The second-order valence-electron chi connectivity index (χ2n) is 10.5. The van der Waals surface area contributed by atoms with Crippen LogP contribution >= 0.6 is 0 Å². The number of pyridine rings is 2. The van der Waals surface area contributed by atoms with Gasteiger partial charge in [0.2, 0.25) is 5.91 Å². The summed E-state index contributed by atoms with van der Waals surface area (Å²) in [5, 5.41) is 12.9. The van der Waals surface area contributed by atoms with Crippen molar-refractivity contribution in [3.05, 3.63) is 55.0 Å². The molecule has 6 rings (SSSR count). The van der Waals surface area contributed by atoms with Crippen LogP contribution in [-0.4, -0.2) is 69.2 Å². The predicted octanol–water partition coefficient (Wildman–Crippen LogP) is 4.90. The number of carbonyl (C=O) groups excluding carboxylic acids is 1. The molecule has 1 amide bonds. The number of fused-ring (bicyclic) bond motifs is 2. The van der Waals surface area contributed by atoms with Gasteiger partial charge in [-0.25, -0.2) is 4.98 Å². The number of H-pyrrole nitrogens is 2. The number of hydrogen-bond acceptors (Lipinski definition) is 6. The maximum absolute atomic E-state index is 12.3. The van der Waals surface area contributed by atoms with Crippen LogP contribution in [0.3, 0.4) is 0 Å². The quantitative estimate of drug-likeness (QED) is 0.301. The SMILES string of the molecule is CC(C)CC(=O)Nc1cncc(-c2ccc3[nH]nc(-c4cc5c(N6CCN(C)CC6)ccnc5[nH]4)c3c2)c1. The molecular formula is C29H32N8O. The van der Waals surface area contributed by atoms with Gasteiger partial charge >= 0.3 is 0 Å². The number of piperazine rings is 1. The molecule has 0 aliphatic carbocycles. The molecule has 1 aliphatic rings. The fraction of sp³-hybridized carbons (Fsp3) is 0.310. The van der Waals surface area contributed by atoms with E-state index in [-0.39, 0.29) is 5.91 Å². The number of nitrogens with zero attached hydrogens (tertiary/aromatic N) is 5. The highest BCUT2D eigenvalue weighted by Gasteiger charge is 2.19. The average Bonchev–Trinajstić information content (AvgIpc) is 3.52. The summed E-state index contributed by atoms with van der Waals surface area (Å²) in [4.78, 5) is 29.5. The van der Waals surface area contributed by atoms with Gasteiger partial charge in [-0.05, 0) is 48.9 Å². The van der Waals surface area contributed by atoms with Crippen molar-refractivity contribution >= 4 is 39.2 Å². The van der Waals surface area contributed by atoms with Crippen molar-refractivity contribution in [1.29, 1.82) is 0 Å². The molecule has 5 aromatic rings. The first-order valence-corrected chi connectivity index (χ1v) is 13.1. The Kier molecular flexibility index (Phi) is 6.29. The highest BCUT2D eigenvalue weighted by molar-refractivity contribution is 6.00. The van der Waals surface area contributed by atoms with E-state index < -0.39 is 0 Å². The monoisotopic (exact) mass is 508 g/mol. The van der Waals surface area contributed by atoms with Crippen LogP contribution in [0.4, 0.5) is 11.4 Å². The van der Waals surface area contributed by atoms with Crippen LogP contribution in [0, 0.1) is 5.92 Å². The summed E-state index contributed by atoms with van der Waals surface area (Å²) in [5.74, 6) is 0.292. The Morgan fingerprint density at radius 3 is 2.68 bits per heavy atom. The molecular weight excluding hydrogens is 476 g/mol. The fourth-order valence-corrected chi connectivity index (χ4v) is 5.11. The van der Waals surface area contributed by atoms with Gasteiger partial charge in [0.15, 0.2) is 0 Å². The molecule has 0 unspecified atom stereocenters. The van der Waals surface area contributed by atoms with Crippen molar-refractivity contribution in [3.63, 3.8) is 0 Å². The van der Waals surface area contributed by atoms with Crippen LogP contribution in [-0.2, 0) is 4.79 Å². The number of carbonyl (C=O) groups is 1. The van der Waals surface area contributed by atoms with Crippen LogP contribution in [0.1, 0.15) is 20.3 Å². The van der Waals surface area contributed by atoms with Crippen molar-refractivity contribution in [2.24, 2.45) is 5.92 Å². The topological polar surface area (TPSA) is 106 Å². The zero-order valence-corrected chi connectivity index (χ0v) is 22.0. The Bertz CT molecular complexity index is 1610. The lowest BCUT2D eigenvalue weighted by Gasteiger charge is -2.34. The first kappa shape index (κ1) is 24.1. The van der Waals surface area contributed by atoms with Crippen molar-refractivity contribution < 1.29 is 4.79 Å². The lowest BCUT2D eigenvalue weighted by molar-refractivity contribution is -0.116. The first-order chi connectivity index (χ1) is 18.4. The van der Waals surface area contributed by atoms with E-state index in [2.05, 4.69) is 65.5 Å². The molecule has 9 nitrogen and oxygen atoms in total. The van der Waals surface area contributed by atoms with Gasteiger partial charge in [0.25, 0.3) is 0 Å². The van der Waals surface area contributed by atoms with E-state index in [1.165, 1.54) is 5.69 Å². The summed E-state index contributed by atoms with van der Waals surface area (Å²) < 4.78 is 0. The van der Waals surface area contributed by atoms with Gasteiger partial charge in [-0.2, -0.15) is 5.10 Å². The number of benzene rings is 1. The van der Waals surface area contributed by atoms with Crippen LogP contribution in [0.2, 0.25) is 0 Å². The van der Waals surface area contributed by atoms with E-state index in [0.717, 1.165) is 70.6 Å². The van der Waals surface area contributed by atoms with Gasteiger partial charge in [-0.1, -0.05) is 19.9 Å². The second kappa shape index (κ2) is 9.90. The minimum absolute atomic E-state index is 0.00473. The number of likely N-dealkylation sites (N-methyl/N-ethyl adjacent to an activating group) is 1. The van der Waals surface area contributed by atoms with E-state index in [9.17, 15) is 4.79 Å². The summed E-state index contributed by atoms with van der Waals surface area (Å²) in [5.41, 5.74) is 7.40. The third-order valence-electron chi connectivity index (χ3n) is 7.12. The average molecular weight is 509 g/mol. The smallest absolute Gasteiger partial charge is 0.224 e. The molecule has 0 radical (unpaired) electrons. The van der Waals surface area contributed by atoms with E-state index in [0.29, 0.717) is 18.0 Å². The lowest BCUT2D eigenvalue weighted by atomic mass is 10.0. The standard InChI is InChI=1S/C29H32N8O/c1-18(2)12-27(38)32-21-13-20(16-30-17-21)19-4-5-24-22(14-19)28(35-34-24)25-15-23-26(6-7-31-29(23)33-25)37-10-8-36(3)9-11-37/h4-7,13-18H,8-12H2,1-3H3,(H,31,33)(H,32,38)(H,34,35). The van der Waals surface area contributed by atoms with Gasteiger partial charge in [-0.3, -0.25) is 14.9 Å². The number of anilines is 2. The molecule has 194 valence electrons. The van der Waals surface area contributed by atoms with Crippen molar-refractivity contribution in [3.8, 4) is 22.5 Å². The van der Waals surface area contributed by atoms with Crippen LogP contribution in [0.25, 0.3) is 44.5 Å². The molecule has 0 atom stereocenters. The minimum Gasteiger partial charge on any atom is -0.368 e. The molecule has 1 fully saturated rings. The molecule has 0 bridgehead atoms. The number of rotatable bonds is 6. The third kappa shape index (κ3) is 4.72. The normalized spacial score (nSPS) is 14.6. The van der Waals surface area contributed by atoms with E-state index >= 15 is 0 Å². The molecule has 0 saturated carbocycles. The molecule has 0 spiro atoms. The minimum atomic E-state index is -0.00473. The molecule has 1 saturated heterocycles. The highest BCUT2D eigenvalue weighted by Crippen LogP contribution is 2.34. The van der Waals surface area contributed by atoms with Crippen molar-refractivity contribution in [2.75, 3.05) is 43.4 Å². The molecule has 4 aromatic heterocycles. The van der Waals surface area contributed by atoms with Gasteiger partial charge in [0.05, 0.1) is 23.1 Å². The summed E-state index contributed by atoms with van der Waals surface area (Å²) in [6, 6.07) is 12.4. The Morgan fingerprint density at radius 2 is 1.87 bits per heavy atom. The summed E-state index contributed by atoms with van der Waals surface area (Å²) in [6.07, 6.45) is 5.84. The van der Waals surface area contributed by atoms with E-state index in [4.69, 9.17) is 0 Å². The van der Waals surface area contributed by atoms with Gasteiger partial charge in [0.1, 0.15) is 11.3 Å². The van der Waals surface area contributed by atoms with E-state index in [1.54, 1.807) is 6.20 Å². The Hall–Kier alpha value is -4.24. The Labute approximate surface area is 221 Å². The largest absolute Gasteiger partial charge is 0.368 e. The maximum atomic E-state index is 12.3. The highest BCUT2D eigenvalue weighted by atomic mass is 16.1. The summed E-state index contributed by atoms with van der Waals surface area (Å²) in [7, 11) is 2.17. The maximum Gasteiger partial charge on any atom is 0.224 e. The zero-order valence-electron chi connectivity index (χ0n) is 22.0. The first-order valence-electron chi connectivity index (χ1n) is 13.1. The molecule has 38 heavy (non-hydrogen) atoms. The van der Waals surface area contributed by atoms with Crippen molar-refractivity contribution in [2.45, 2.75) is 20.3 Å². The molecule has 1 aromatic carbocycles. The summed E-state index contributed by atoms with van der Waals surface area (Å²) >= 11 is 0. The van der Waals surface area contributed by atoms with Gasteiger partial charge in [-0.15, -0.1) is 0 Å². The number of aromatic nitrogens is 5. The van der Waals surface area contributed by atoms with Crippen molar-refractivity contribution in [1.82, 2.24) is 30.0 Å².